The van der Waals surface area contributed by atoms with Gasteiger partial charge in [0.1, 0.15) is 0 Å². The van der Waals surface area contributed by atoms with Gasteiger partial charge in [0.2, 0.25) is 0 Å². The first-order valence-corrected chi connectivity index (χ1v) is 9.16. The van der Waals surface area contributed by atoms with Crippen molar-refractivity contribution in [1.82, 2.24) is 5.32 Å². The molecule has 2 aliphatic heterocycles. The highest BCUT2D eigenvalue weighted by Crippen LogP contribution is 2.27. The molecule has 0 radical (unpaired) electrons. The van der Waals surface area contributed by atoms with Crippen molar-refractivity contribution in [2.24, 2.45) is 0 Å². The van der Waals surface area contributed by atoms with E-state index in [1.807, 2.05) is 0 Å². The Hall–Kier alpha value is 1.01. The zero-order valence-corrected chi connectivity index (χ0v) is 11.9. The standard InChI is InChI=1S/C11H21NS3/c1-9-11(3-2-4-14-9)12-7-10-8-13-5-6-15-10/h9-12H,2-8H2,1H3. The maximum atomic E-state index is 3.79. The van der Waals surface area contributed by atoms with Crippen molar-refractivity contribution in [3.05, 3.63) is 0 Å². The summed E-state index contributed by atoms with van der Waals surface area (Å²) in [6, 6.07) is 0.774. The van der Waals surface area contributed by atoms with Crippen LogP contribution in [0.2, 0.25) is 0 Å². The molecule has 2 heterocycles. The van der Waals surface area contributed by atoms with Gasteiger partial charge < -0.3 is 5.32 Å². The molecular weight excluding hydrogens is 242 g/mol. The molecule has 0 amide bonds. The van der Waals surface area contributed by atoms with E-state index in [2.05, 4.69) is 47.5 Å². The minimum absolute atomic E-state index is 0.774. The SMILES string of the molecule is CC1SCCCC1NCC1CSCCS1. The fraction of sp³-hybridized carbons (Fsp3) is 1.00. The lowest BCUT2D eigenvalue weighted by molar-refractivity contribution is 0.466. The minimum atomic E-state index is 0.774. The molecule has 0 aliphatic carbocycles. The van der Waals surface area contributed by atoms with Gasteiger partial charge in [-0.15, -0.1) is 0 Å². The van der Waals surface area contributed by atoms with E-state index >= 15 is 0 Å². The molecule has 0 aromatic rings. The first-order chi connectivity index (χ1) is 7.36. The van der Waals surface area contributed by atoms with Crippen molar-refractivity contribution in [2.75, 3.05) is 29.6 Å². The summed E-state index contributed by atoms with van der Waals surface area (Å²) < 4.78 is 0. The van der Waals surface area contributed by atoms with Gasteiger partial charge in [-0.25, -0.2) is 0 Å². The van der Waals surface area contributed by atoms with Crippen molar-refractivity contribution in [3.8, 4) is 0 Å². The molecule has 2 saturated heterocycles. The molecule has 4 heteroatoms. The highest BCUT2D eigenvalue weighted by molar-refractivity contribution is 8.06. The van der Waals surface area contributed by atoms with Crippen LogP contribution in [0.25, 0.3) is 0 Å². The third-order valence-corrected chi connectivity index (χ3v) is 7.32. The second kappa shape index (κ2) is 6.67. The molecule has 2 aliphatic rings. The van der Waals surface area contributed by atoms with Crippen molar-refractivity contribution in [1.29, 1.82) is 0 Å². The summed E-state index contributed by atoms with van der Waals surface area (Å²) in [5.74, 6) is 5.43. The van der Waals surface area contributed by atoms with Crippen LogP contribution in [0.5, 0.6) is 0 Å². The Morgan fingerprint density at radius 1 is 1.20 bits per heavy atom. The monoisotopic (exact) mass is 263 g/mol. The summed E-state index contributed by atoms with van der Waals surface area (Å²) in [5, 5.41) is 5.47. The largest absolute Gasteiger partial charge is 0.312 e. The van der Waals surface area contributed by atoms with Gasteiger partial charge in [0, 0.05) is 40.3 Å². The predicted octanol–water partition coefficient (Wildman–Crippen LogP) is 2.71. The van der Waals surface area contributed by atoms with Crippen LogP contribution in [-0.2, 0) is 0 Å². The van der Waals surface area contributed by atoms with Crippen LogP contribution in [0.4, 0.5) is 0 Å². The second-order valence-corrected chi connectivity index (χ2v) is 8.34. The van der Waals surface area contributed by atoms with E-state index in [0.717, 1.165) is 16.5 Å². The summed E-state index contributed by atoms with van der Waals surface area (Å²) in [5.41, 5.74) is 0. The summed E-state index contributed by atoms with van der Waals surface area (Å²) >= 11 is 6.43. The van der Waals surface area contributed by atoms with Gasteiger partial charge in [0.05, 0.1) is 0 Å². The molecule has 0 spiro atoms. The zero-order chi connectivity index (χ0) is 10.5. The highest BCUT2D eigenvalue weighted by atomic mass is 32.2. The van der Waals surface area contributed by atoms with Gasteiger partial charge in [-0.2, -0.15) is 35.3 Å². The Morgan fingerprint density at radius 3 is 2.87 bits per heavy atom. The van der Waals surface area contributed by atoms with E-state index < -0.39 is 0 Å². The molecule has 0 bridgehead atoms. The van der Waals surface area contributed by atoms with Crippen LogP contribution in [-0.4, -0.2) is 46.1 Å². The number of hydrogen-bond donors (Lipinski definition) is 1. The third kappa shape index (κ3) is 4.06. The normalized spacial score (nSPS) is 37.8. The quantitative estimate of drug-likeness (QED) is 0.840. The zero-order valence-electron chi connectivity index (χ0n) is 9.41. The van der Waals surface area contributed by atoms with Gasteiger partial charge in [0.15, 0.2) is 0 Å². The summed E-state index contributed by atoms with van der Waals surface area (Å²) in [7, 11) is 0. The van der Waals surface area contributed by atoms with Gasteiger partial charge in [-0.3, -0.25) is 0 Å². The molecule has 1 N–H and O–H groups in total. The van der Waals surface area contributed by atoms with Crippen LogP contribution in [0.3, 0.4) is 0 Å². The smallest absolute Gasteiger partial charge is 0.0263 e. The molecule has 15 heavy (non-hydrogen) atoms. The number of rotatable bonds is 3. The van der Waals surface area contributed by atoms with Crippen LogP contribution in [0.1, 0.15) is 19.8 Å². The fourth-order valence-electron chi connectivity index (χ4n) is 2.13. The molecule has 0 saturated carbocycles. The van der Waals surface area contributed by atoms with Crippen LogP contribution in [0, 0.1) is 0 Å². The first-order valence-electron chi connectivity index (χ1n) is 5.90. The lowest BCUT2D eigenvalue weighted by Crippen LogP contribution is -2.43. The van der Waals surface area contributed by atoms with Gasteiger partial charge >= 0.3 is 0 Å². The van der Waals surface area contributed by atoms with E-state index in [0.29, 0.717) is 0 Å². The van der Waals surface area contributed by atoms with E-state index in [1.54, 1.807) is 0 Å². The Balaban J connectivity index is 1.67. The van der Waals surface area contributed by atoms with Gasteiger partial charge in [0.25, 0.3) is 0 Å². The molecule has 0 aromatic heterocycles. The van der Waals surface area contributed by atoms with E-state index in [-0.39, 0.29) is 0 Å². The summed E-state index contributed by atoms with van der Waals surface area (Å²) in [4.78, 5) is 0. The fourth-order valence-corrected chi connectivity index (χ4v) is 5.92. The van der Waals surface area contributed by atoms with Crippen molar-refractivity contribution >= 4 is 35.3 Å². The van der Waals surface area contributed by atoms with Crippen LogP contribution in [0.15, 0.2) is 0 Å². The summed E-state index contributed by atoms with van der Waals surface area (Å²) in [6.07, 6.45) is 2.79. The average Bonchev–Trinajstić information content (AvgIpc) is 2.29. The van der Waals surface area contributed by atoms with Crippen LogP contribution >= 0.6 is 35.3 Å². The molecule has 2 rings (SSSR count). The highest BCUT2D eigenvalue weighted by Gasteiger charge is 2.23. The second-order valence-electron chi connectivity index (χ2n) is 4.30. The Morgan fingerprint density at radius 2 is 2.13 bits per heavy atom. The number of thioether (sulfide) groups is 3. The first kappa shape index (κ1) is 12.5. The number of hydrogen-bond acceptors (Lipinski definition) is 4. The van der Waals surface area contributed by atoms with Gasteiger partial charge in [-0.1, -0.05) is 6.92 Å². The number of nitrogens with one attached hydrogen (secondary N) is 1. The maximum Gasteiger partial charge on any atom is 0.0263 e. The minimum Gasteiger partial charge on any atom is -0.312 e. The van der Waals surface area contributed by atoms with Crippen molar-refractivity contribution in [2.45, 2.75) is 36.3 Å². The Kier molecular flexibility index (Phi) is 5.55. The lowest BCUT2D eigenvalue weighted by atomic mass is 10.1. The summed E-state index contributed by atoms with van der Waals surface area (Å²) in [6.45, 7) is 3.61. The van der Waals surface area contributed by atoms with Crippen molar-refractivity contribution in [3.63, 3.8) is 0 Å². The molecule has 0 aromatic carbocycles. The molecular formula is C11H21NS3. The molecule has 3 unspecified atom stereocenters. The van der Waals surface area contributed by atoms with Gasteiger partial charge in [-0.05, 0) is 18.6 Å². The maximum absolute atomic E-state index is 3.79. The molecule has 3 atom stereocenters. The molecule has 1 nitrogen and oxygen atoms in total. The Bertz CT molecular complexity index is 183. The topological polar surface area (TPSA) is 12.0 Å². The van der Waals surface area contributed by atoms with E-state index in [9.17, 15) is 0 Å². The Labute approximate surface area is 106 Å². The predicted molar refractivity (Wildman–Crippen MR) is 76.5 cm³/mol. The van der Waals surface area contributed by atoms with Crippen LogP contribution < -0.4 is 5.32 Å². The van der Waals surface area contributed by atoms with E-state index in [1.165, 1.54) is 42.4 Å². The average molecular weight is 263 g/mol. The molecule has 2 fully saturated rings. The molecule has 88 valence electrons. The lowest BCUT2D eigenvalue weighted by Gasteiger charge is -2.31. The van der Waals surface area contributed by atoms with Crippen molar-refractivity contribution < 1.29 is 0 Å². The van der Waals surface area contributed by atoms with E-state index in [4.69, 9.17) is 0 Å². The third-order valence-electron chi connectivity index (χ3n) is 3.10.